The monoisotopic (exact) mass is 219 g/mol. The van der Waals surface area contributed by atoms with Crippen molar-refractivity contribution in [3.05, 3.63) is 29.5 Å². The molecule has 1 rings (SSSR count). The van der Waals surface area contributed by atoms with Gasteiger partial charge in [0.05, 0.1) is 0 Å². The van der Waals surface area contributed by atoms with Gasteiger partial charge in [-0.3, -0.25) is 0 Å². The zero-order valence-corrected chi connectivity index (χ0v) is 10.7. The highest BCUT2D eigenvalue weighted by Crippen LogP contribution is 2.20. The van der Waals surface area contributed by atoms with Gasteiger partial charge in [-0.15, -0.1) is 0 Å². The van der Waals surface area contributed by atoms with Gasteiger partial charge in [-0.1, -0.05) is 6.08 Å². The molecular weight excluding hydrogens is 198 g/mol. The molecule has 0 radical (unpaired) electrons. The lowest BCUT2D eigenvalue weighted by molar-refractivity contribution is 0.254. The number of nitrogens with zero attached hydrogens (tertiary/aromatic N) is 1. The van der Waals surface area contributed by atoms with Gasteiger partial charge >= 0.3 is 0 Å². The lowest BCUT2D eigenvalue weighted by atomic mass is 9.99. The van der Waals surface area contributed by atoms with Crippen LogP contribution in [0.1, 0.15) is 40.5 Å². The van der Waals surface area contributed by atoms with Crippen LogP contribution in [0.5, 0.6) is 0 Å². The fourth-order valence-electron chi connectivity index (χ4n) is 1.93. The zero-order valence-electron chi connectivity index (χ0n) is 10.7. The van der Waals surface area contributed by atoms with Crippen molar-refractivity contribution in [1.29, 1.82) is 0 Å². The van der Waals surface area contributed by atoms with Gasteiger partial charge < -0.3 is 4.90 Å². The summed E-state index contributed by atoms with van der Waals surface area (Å²) in [7, 11) is 0. The summed E-state index contributed by atoms with van der Waals surface area (Å²) in [5.74, 6) is 1.96. The zero-order chi connectivity index (χ0) is 12.1. The Morgan fingerprint density at radius 2 is 1.81 bits per heavy atom. The average Bonchev–Trinajstić information content (AvgIpc) is 2.25. The predicted molar refractivity (Wildman–Crippen MR) is 67.8 cm³/mol. The summed E-state index contributed by atoms with van der Waals surface area (Å²) >= 11 is 0. The third-order valence-electron chi connectivity index (χ3n) is 2.82. The van der Waals surface area contributed by atoms with Crippen molar-refractivity contribution in [1.82, 2.24) is 4.90 Å². The van der Waals surface area contributed by atoms with E-state index in [9.17, 15) is 4.79 Å². The van der Waals surface area contributed by atoms with Crippen LogP contribution in [0.25, 0.3) is 0 Å². The van der Waals surface area contributed by atoms with E-state index in [0.717, 1.165) is 18.4 Å². The smallest absolute Gasteiger partial charge is 0.127 e. The quantitative estimate of drug-likeness (QED) is 0.680. The van der Waals surface area contributed by atoms with Crippen molar-refractivity contribution in [3.8, 4) is 0 Å². The number of hydrogen-bond donors (Lipinski definition) is 0. The molecule has 2 nitrogen and oxygen atoms in total. The minimum atomic E-state index is 0.504. The van der Waals surface area contributed by atoms with Crippen molar-refractivity contribution in [2.75, 3.05) is 0 Å². The summed E-state index contributed by atoms with van der Waals surface area (Å²) in [6.45, 7) is 8.78. The summed E-state index contributed by atoms with van der Waals surface area (Å²) in [4.78, 5) is 12.8. The molecule has 1 aliphatic carbocycles. The molecule has 2 heteroatoms. The third-order valence-corrected chi connectivity index (χ3v) is 2.82. The second-order valence-corrected chi connectivity index (χ2v) is 4.80. The molecule has 0 unspecified atom stereocenters. The predicted octanol–water partition coefficient (Wildman–Crippen LogP) is 3.10. The van der Waals surface area contributed by atoms with Crippen molar-refractivity contribution < 1.29 is 4.79 Å². The van der Waals surface area contributed by atoms with Gasteiger partial charge in [-0.2, -0.15) is 0 Å². The van der Waals surface area contributed by atoms with Crippen LogP contribution in [0.4, 0.5) is 0 Å². The van der Waals surface area contributed by atoms with Gasteiger partial charge in [0.2, 0.25) is 0 Å². The van der Waals surface area contributed by atoms with Crippen molar-refractivity contribution >= 4 is 5.94 Å². The molecule has 0 spiro atoms. The minimum Gasteiger partial charge on any atom is -0.372 e. The maximum Gasteiger partial charge on any atom is 0.127 e. The van der Waals surface area contributed by atoms with E-state index in [1.54, 1.807) is 0 Å². The molecule has 0 amide bonds. The standard InChI is InChI=1S/C14H21NO/c1-11(2)15(12(3)4)9-13-5-7-14(10-16)8-6-13/h5,7,9,11-12H,6,8H2,1-4H3/b13-9+. The lowest BCUT2D eigenvalue weighted by Crippen LogP contribution is -2.32. The van der Waals surface area contributed by atoms with Crippen LogP contribution in [0.2, 0.25) is 0 Å². The number of carbonyl (C=O) groups excluding carboxylic acids is 1. The average molecular weight is 219 g/mol. The van der Waals surface area contributed by atoms with Gasteiger partial charge in [0.15, 0.2) is 0 Å². The highest BCUT2D eigenvalue weighted by atomic mass is 16.1. The Morgan fingerprint density at radius 3 is 2.19 bits per heavy atom. The topological polar surface area (TPSA) is 20.3 Å². The summed E-state index contributed by atoms with van der Waals surface area (Å²) < 4.78 is 0. The highest BCUT2D eigenvalue weighted by Gasteiger charge is 2.11. The van der Waals surface area contributed by atoms with E-state index in [1.807, 2.05) is 18.1 Å². The number of rotatable bonds is 3. The van der Waals surface area contributed by atoms with Crippen molar-refractivity contribution in [2.45, 2.75) is 52.6 Å². The highest BCUT2D eigenvalue weighted by molar-refractivity contribution is 5.59. The molecule has 0 bridgehead atoms. The van der Waals surface area contributed by atoms with Gasteiger partial charge in [0.25, 0.3) is 0 Å². The van der Waals surface area contributed by atoms with E-state index in [4.69, 9.17) is 0 Å². The molecule has 16 heavy (non-hydrogen) atoms. The van der Waals surface area contributed by atoms with Gasteiger partial charge in [0, 0.05) is 23.9 Å². The van der Waals surface area contributed by atoms with Crippen LogP contribution < -0.4 is 0 Å². The fourth-order valence-corrected chi connectivity index (χ4v) is 1.93. The molecule has 0 aliphatic heterocycles. The van der Waals surface area contributed by atoms with E-state index in [1.165, 1.54) is 5.57 Å². The van der Waals surface area contributed by atoms with Crippen LogP contribution in [-0.2, 0) is 4.79 Å². The Labute approximate surface area is 98.3 Å². The van der Waals surface area contributed by atoms with Crippen LogP contribution in [-0.4, -0.2) is 22.9 Å². The Morgan fingerprint density at radius 1 is 1.19 bits per heavy atom. The summed E-state index contributed by atoms with van der Waals surface area (Å²) in [6, 6.07) is 1.01. The minimum absolute atomic E-state index is 0.504. The lowest BCUT2D eigenvalue weighted by Gasteiger charge is -2.30. The Kier molecular flexibility index (Phi) is 4.57. The van der Waals surface area contributed by atoms with Gasteiger partial charge in [-0.05, 0) is 52.2 Å². The molecule has 88 valence electrons. The summed E-state index contributed by atoms with van der Waals surface area (Å²) in [5.41, 5.74) is 2.07. The maximum atomic E-state index is 10.5. The van der Waals surface area contributed by atoms with Crippen molar-refractivity contribution in [3.63, 3.8) is 0 Å². The largest absolute Gasteiger partial charge is 0.372 e. The van der Waals surface area contributed by atoms with E-state index in [2.05, 4.69) is 38.8 Å². The molecule has 1 aliphatic rings. The Hall–Kier alpha value is -1.27. The second-order valence-electron chi connectivity index (χ2n) is 4.80. The molecule has 0 fully saturated rings. The normalized spacial score (nSPS) is 18.4. The van der Waals surface area contributed by atoms with Crippen LogP contribution >= 0.6 is 0 Å². The molecule has 0 saturated carbocycles. The van der Waals surface area contributed by atoms with E-state index in [0.29, 0.717) is 12.1 Å². The molecule has 0 atom stereocenters. The first-order valence-corrected chi connectivity index (χ1v) is 5.94. The molecule has 0 aromatic rings. The number of allylic oxidation sites excluding steroid dienone is 4. The molecule has 0 N–H and O–H groups in total. The molecule has 0 heterocycles. The first-order valence-electron chi connectivity index (χ1n) is 5.94. The van der Waals surface area contributed by atoms with Crippen LogP contribution in [0.15, 0.2) is 29.5 Å². The van der Waals surface area contributed by atoms with Gasteiger partial charge in [-0.25, -0.2) is 4.79 Å². The molecule has 0 aromatic carbocycles. The van der Waals surface area contributed by atoms with E-state index < -0.39 is 0 Å². The maximum absolute atomic E-state index is 10.5. The third kappa shape index (κ3) is 3.39. The molecular formula is C14H21NO. The van der Waals surface area contributed by atoms with Crippen LogP contribution in [0.3, 0.4) is 0 Å². The summed E-state index contributed by atoms with van der Waals surface area (Å²) in [6.07, 6.45) is 7.88. The van der Waals surface area contributed by atoms with Crippen molar-refractivity contribution in [2.24, 2.45) is 0 Å². The summed E-state index contributed by atoms with van der Waals surface area (Å²) in [5, 5.41) is 0. The SMILES string of the molecule is CC(C)N(/C=C1\C=CC(=C=O)CC1)C(C)C. The Bertz CT molecular complexity index is 336. The molecule has 0 aromatic heterocycles. The molecule has 0 saturated heterocycles. The van der Waals surface area contributed by atoms with Gasteiger partial charge in [0.1, 0.15) is 5.94 Å². The van der Waals surface area contributed by atoms with E-state index >= 15 is 0 Å². The fraction of sp³-hybridized carbons (Fsp3) is 0.571. The van der Waals surface area contributed by atoms with E-state index in [-0.39, 0.29) is 0 Å². The Balaban J connectivity index is 2.81. The second kappa shape index (κ2) is 5.72. The first-order chi connectivity index (χ1) is 7.54. The van der Waals surface area contributed by atoms with Crippen LogP contribution in [0, 0.1) is 0 Å². The first kappa shape index (κ1) is 12.8. The number of hydrogen-bond acceptors (Lipinski definition) is 2.